The number of rotatable bonds is 7. The van der Waals surface area contributed by atoms with Crippen molar-refractivity contribution >= 4 is 11.8 Å². The first-order chi connectivity index (χ1) is 11.5. The van der Waals surface area contributed by atoms with Crippen LogP contribution in [0.1, 0.15) is 51.6 Å². The highest BCUT2D eigenvalue weighted by atomic mass is 16.5. The summed E-state index contributed by atoms with van der Waals surface area (Å²) in [5.41, 5.74) is 1.04. The second-order valence-corrected chi connectivity index (χ2v) is 6.87. The molecule has 1 aliphatic rings. The van der Waals surface area contributed by atoms with Crippen LogP contribution in [-0.4, -0.2) is 25.0 Å². The Hall–Kier alpha value is -2.04. The van der Waals surface area contributed by atoms with E-state index in [4.69, 9.17) is 4.74 Å². The maximum absolute atomic E-state index is 12.3. The summed E-state index contributed by atoms with van der Waals surface area (Å²) in [6.45, 7) is 7.47. The van der Waals surface area contributed by atoms with Crippen LogP contribution in [-0.2, 0) is 9.59 Å². The van der Waals surface area contributed by atoms with Gasteiger partial charge in [0.25, 0.3) is 0 Å². The Balaban J connectivity index is 1.82. The molecule has 0 aromatic heterocycles. The van der Waals surface area contributed by atoms with Crippen molar-refractivity contribution in [2.24, 2.45) is 11.8 Å². The standard InChI is InChI=1S/C19H28N2O3/c1-13(2)10-11-24-17-7-4-15(5-8-17)14(3)21-19(23)16-6-9-18(22)20-12-16/h4-5,7-8,13-14,16H,6,9-12H2,1-3H3,(H,20,22)(H,21,23). The molecule has 24 heavy (non-hydrogen) atoms. The van der Waals surface area contributed by atoms with E-state index >= 15 is 0 Å². The van der Waals surface area contributed by atoms with E-state index in [0.29, 0.717) is 25.3 Å². The quantitative estimate of drug-likeness (QED) is 0.807. The van der Waals surface area contributed by atoms with Gasteiger partial charge in [0.05, 0.1) is 18.6 Å². The zero-order chi connectivity index (χ0) is 17.5. The summed E-state index contributed by atoms with van der Waals surface area (Å²) in [5, 5.41) is 5.77. The Morgan fingerprint density at radius 3 is 2.58 bits per heavy atom. The van der Waals surface area contributed by atoms with Gasteiger partial charge in [-0.1, -0.05) is 26.0 Å². The molecule has 0 saturated carbocycles. The molecule has 2 rings (SSSR count). The largest absolute Gasteiger partial charge is 0.494 e. The van der Waals surface area contributed by atoms with Crippen LogP contribution in [0, 0.1) is 11.8 Å². The van der Waals surface area contributed by atoms with E-state index in [1.54, 1.807) is 0 Å². The monoisotopic (exact) mass is 332 g/mol. The number of benzene rings is 1. The summed E-state index contributed by atoms with van der Waals surface area (Å²) in [6, 6.07) is 7.79. The maximum atomic E-state index is 12.3. The Kier molecular flexibility index (Phi) is 6.64. The lowest BCUT2D eigenvalue weighted by Crippen LogP contribution is -2.43. The molecule has 1 fully saturated rings. The molecule has 0 radical (unpaired) electrons. The van der Waals surface area contributed by atoms with E-state index in [0.717, 1.165) is 24.3 Å². The fraction of sp³-hybridized carbons (Fsp3) is 0.579. The number of hydrogen-bond donors (Lipinski definition) is 2. The van der Waals surface area contributed by atoms with Crippen LogP contribution in [0.25, 0.3) is 0 Å². The van der Waals surface area contributed by atoms with E-state index in [1.165, 1.54) is 0 Å². The van der Waals surface area contributed by atoms with Gasteiger partial charge in [-0.05, 0) is 43.4 Å². The van der Waals surface area contributed by atoms with E-state index in [-0.39, 0.29) is 23.8 Å². The summed E-state index contributed by atoms with van der Waals surface area (Å²) >= 11 is 0. The van der Waals surface area contributed by atoms with Gasteiger partial charge >= 0.3 is 0 Å². The third-order valence-corrected chi connectivity index (χ3v) is 4.34. The van der Waals surface area contributed by atoms with E-state index in [2.05, 4.69) is 24.5 Å². The molecule has 132 valence electrons. The van der Waals surface area contributed by atoms with Crippen molar-refractivity contribution in [3.05, 3.63) is 29.8 Å². The SMILES string of the molecule is CC(C)CCOc1ccc(C(C)NC(=O)C2CCC(=O)NC2)cc1. The van der Waals surface area contributed by atoms with E-state index in [9.17, 15) is 9.59 Å². The van der Waals surface area contributed by atoms with Gasteiger partial charge in [-0.25, -0.2) is 0 Å². The number of hydrogen-bond acceptors (Lipinski definition) is 3. The van der Waals surface area contributed by atoms with Crippen molar-refractivity contribution in [1.29, 1.82) is 0 Å². The topological polar surface area (TPSA) is 67.4 Å². The number of nitrogens with one attached hydrogen (secondary N) is 2. The molecule has 0 aliphatic carbocycles. The Bertz CT molecular complexity index is 544. The molecule has 1 heterocycles. The fourth-order valence-electron chi connectivity index (χ4n) is 2.64. The van der Waals surface area contributed by atoms with Gasteiger partial charge in [0, 0.05) is 13.0 Å². The lowest BCUT2D eigenvalue weighted by atomic mass is 9.97. The molecule has 1 aromatic rings. The molecule has 0 spiro atoms. The lowest BCUT2D eigenvalue weighted by Gasteiger charge is -2.24. The summed E-state index contributed by atoms with van der Waals surface area (Å²) in [7, 11) is 0. The van der Waals surface area contributed by atoms with Crippen molar-refractivity contribution in [2.75, 3.05) is 13.2 Å². The first kappa shape index (κ1) is 18.3. The van der Waals surface area contributed by atoms with Gasteiger partial charge in [-0.15, -0.1) is 0 Å². The highest BCUT2D eigenvalue weighted by Crippen LogP contribution is 2.19. The highest BCUT2D eigenvalue weighted by Gasteiger charge is 2.25. The smallest absolute Gasteiger partial charge is 0.225 e. The van der Waals surface area contributed by atoms with Crippen molar-refractivity contribution in [3.63, 3.8) is 0 Å². The maximum Gasteiger partial charge on any atom is 0.225 e. The molecule has 2 unspecified atom stereocenters. The van der Waals surface area contributed by atoms with Crippen LogP contribution in [0.3, 0.4) is 0 Å². The first-order valence-electron chi connectivity index (χ1n) is 8.75. The van der Waals surface area contributed by atoms with Crippen LogP contribution in [0.4, 0.5) is 0 Å². The van der Waals surface area contributed by atoms with Crippen LogP contribution in [0.15, 0.2) is 24.3 Å². The Morgan fingerprint density at radius 2 is 2.00 bits per heavy atom. The Labute approximate surface area is 144 Å². The van der Waals surface area contributed by atoms with Crippen molar-refractivity contribution in [3.8, 4) is 5.75 Å². The average Bonchev–Trinajstić information content (AvgIpc) is 2.55. The number of carbonyl (C=O) groups is 2. The zero-order valence-corrected chi connectivity index (χ0v) is 14.8. The minimum atomic E-state index is -0.135. The molecule has 2 atom stereocenters. The predicted molar refractivity (Wildman–Crippen MR) is 93.7 cm³/mol. The minimum Gasteiger partial charge on any atom is -0.494 e. The molecule has 0 bridgehead atoms. The molecule has 2 amide bonds. The van der Waals surface area contributed by atoms with Gasteiger partial charge < -0.3 is 15.4 Å². The second-order valence-electron chi connectivity index (χ2n) is 6.87. The molecule has 5 heteroatoms. The van der Waals surface area contributed by atoms with Crippen molar-refractivity contribution in [2.45, 2.75) is 46.1 Å². The van der Waals surface area contributed by atoms with Gasteiger partial charge in [0.2, 0.25) is 11.8 Å². The van der Waals surface area contributed by atoms with Crippen LogP contribution >= 0.6 is 0 Å². The second kappa shape index (κ2) is 8.71. The van der Waals surface area contributed by atoms with Crippen LogP contribution < -0.4 is 15.4 Å². The van der Waals surface area contributed by atoms with Gasteiger partial charge in [0.15, 0.2) is 0 Å². The first-order valence-corrected chi connectivity index (χ1v) is 8.75. The predicted octanol–water partition coefficient (Wildman–Crippen LogP) is 2.81. The number of amides is 2. The summed E-state index contributed by atoms with van der Waals surface area (Å²) < 4.78 is 5.71. The molecule has 2 N–H and O–H groups in total. The van der Waals surface area contributed by atoms with Crippen LogP contribution in [0.2, 0.25) is 0 Å². The molecule has 5 nitrogen and oxygen atoms in total. The lowest BCUT2D eigenvalue weighted by molar-refractivity contribution is -0.129. The number of piperidine rings is 1. The van der Waals surface area contributed by atoms with Crippen LogP contribution in [0.5, 0.6) is 5.75 Å². The fourth-order valence-corrected chi connectivity index (χ4v) is 2.64. The normalized spacial score (nSPS) is 18.8. The summed E-state index contributed by atoms with van der Waals surface area (Å²) in [6.07, 6.45) is 2.08. The number of ether oxygens (including phenoxy) is 1. The molecule has 1 saturated heterocycles. The zero-order valence-electron chi connectivity index (χ0n) is 14.8. The van der Waals surface area contributed by atoms with E-state index < -0.39 is 0 Å². The number of carbonyl (C=O) groups excluding carboxylic acids is 2. The highest BCUT2D eigenvalue weighted by molar-refractivity contribution is 5.83. The third kappa shape index (κ3) is 5.55. The molecule has 1 aromatic carbocycles. The van der Waals surface area contributed by atoms with Crippen molar-refractivity contribution < 1.29 is 14.3 Å². The van der Waals surface area contributed by atoms with Crippen molar-refractivity contribution in [1.82, 2.24) is 10.6 Å². The molecular weight excluding hydrogens is 304 g/mol. The molecule has 1 aliphatic heterocycles. The molecular formula is C19H28N2O3. The summed E-state index contributed by atoms with van der Waals surface area (Å²) in [5.74, 6) is 1.38. The summed E-state index contributed by atoms with van der Waals surface area (Å²) in [4.78, 5) is 23.4. The van der Waals surface area contributed by atoms with E-state index in [1.807, 2.05) is 31.2 Å². The average molecular weight is 332 g/mol. The third-order valence-electron chi connectivity index (χ3n) is 4.34. The minimum absolute atomic E-state index is 0.000222. The van der Waals surface area contributed by atoms with Gasteiger partial charge in [0.1, 0.15) is 5.75 Å². The van der Waals surface area contributed by atoms with Gasteiger partial charge in [-0.2, -0.15) is 0 Å². The van der Waals surface area contributed by atoms with Gasteiger partial charge in [-0.3, -0.25) is 9.59 Å². The Morgan fingerprint density at radius 1 is 1.29 bits per heavy atom.